The molecule has 0 aliphatic carbocycles. The lowest BCUT2D eigenvalue weighted by molar-refractivity contribution is 0.0303. The summed E-state index contributed by atoms with van der Waals surface area (Å²) < 4.78 is 7.03. The van der Waals surface area contributed by atoms with Crippen molar-refractivity contribution in [1.82, 2.24) is 14.9 Å². The maximum absolute atomic E-state index is 12.5. The highest BCUT2D eigenvalue weighted by Crippen LogP contribution is 2.30. The van der Waals surface area contributed by atoms with Crippen LogP contribution in [0.2, 0.25) is 10.0 Å². The van der Waals surface area contributed by atoms with Gasteiger partial charge in [0.1, 0.15) is 0 Å². The number of aromatic nitrogens is 2. The van der Waals surface area contributed by atoms with Crippen molar-refractivity contribution in [1.29, 1.82) is 0 Å². The topological polar surface area (TPSA) is 72.4 Å². The van der Waals surface area contributed by atoms with Crippen LogP contribution in [0.1, 0.15) is 20.7 Å². The third kappa shape index (κ3) is 5.96. The van der Waals surface area contributed by atoms with E-state index in [4.69, 9.17) is 39.5 Å². The largest absolute Gasteiger partial charge is 0.378 e. The minimum absolute atomic E-state index is 0.0901. The quantitative estimate of drug-likeness (QED) is 0.214. The molecule has 0 unspecified atom stereocenters. The van der Waals surface area contributed by atoms with Gasteiger partial charge in [-0.3, -0.25) is 19.6 Å². The van der Waals surface area contributed by atoms with Crippen molar-refractivity contribution in [2.24, 2.45) is 0 Å². The molecule has 4 aromatic rings. The number of fused-ring (bicyclic) bond motifs is 2. The van der Waals surface area contributed by atoms with Gasteiger partial charge in [-0.05, 0) is 48.0 Å². The first-order valence-corrected chi connectivity index (χ1v) is 13.0. The molecule has 1 fully saturated rings. The molecule has 35 heavy (non-hydrogen) atoms. The lowest BCUT2D eigenvalue weighted by atomic mass is 10.1. The number of hydrogen-bond donors (Lipinski definition) is 0. The molecule has 180 valence electrons. The summed E-state index contributed by atoms with van der Waals surface area (Å²) in [6.45, 7) is 2.31. The van der Waals surface area contributed by atoms with Crippen LogP contribution in [-0.2, 0) is 4.74 Å². The van der Waals surface area contributed by atoms with Gasteiger partial charge in [0.15, 0.2) is 0 Å². The van der Waals surface area contributed by atoms with Crippen LogP contribution in [0, 0.1) is 0 Å². The number of benzene rings is 2. The molecule has 0 spiro atoms. The summed E-state index contributed by atoms with van der Waals surface area (Å²) >= 11 is 24.5. The van der Waals surface area contributed by atoms with Crippen molar-refractivity contribution in [3.8, 4) is 0 Å². The molecule has 0 N–H and O–H groups in total. The van der Waals surface area contributed by atoms with Gasteiger partial charge in [-0.25, -0.2) is 0 Å². The predicted molar refractivity (Wildman–Crippen MR) is 146 cm³/mol. The predicted octanol–water partition coefficient (Wildman–Crippen LogP) is 7.15. The van der Waals surface area contributed by atoms with Crippen LogP contribution in [0.25, 0.3) is 21.8 Å². The average molecular weight is 661 g/mol. The zero-order valence-electron chi connectivity index (χ0n) is 17.9. The van der Waals surface area contributed by atoms with E-state index in [9.17, 15) is 9.59 Å². The molecule has 0 saturated carbocycles. The summed E-state index contributed by atoms with van der Waals surface area (Å²) in [6.07, 6.45) is 2.93. The Kier molecular flexibility index (Phi) is 8.63. The first-order valence-electron chi connectivity index (χ1n) is 10.3. The standard InChI is InChI=1S/C14H12BrClN2O2.C10H4BrCl2NO/c15-9-1-2-12-10(7-9)13(16)11(8-17-12)14(19)18-3-5-20-6-4-18;11-5-1-2-8-6(3-5)9(12)7(4-14-8)10(13)15/h1-2,7-8H,3-6H2;1-4H. The Bertz CT molecular complexity index is 1450. The van der Waals surface area contributed by atoms with E-state index in [1.165, 1.54) is 6.20 Å². The number of ether oxygens (including phenoxy) is 1. The Morgan fingerprint density at radius 3 is 1.83 bits per heavy atom. The molecule has 1 saturated heterocycles. The molecule has 2 aromatic carbocycles. The van der Waals surface area contributed by atoms with Crippen molar-refractivity contribution in [3.05, 3.63) is 78.9 Å². The van der Waals surface area contributed by atoms with Gasteiger partial charge in [0, 0.05) is 45.2 Å². The summed E-state index contributed by atoms with van der Waals surface area (Å²) in [4.78, 5) is 33.7. The highest BCUT2D eigenvalue weighted by molar-refractivity contribution is 9.10. The van der Waals surface area contributed by atoms with Gasteiger partial charge >= 0.3 is 0 Å². The second-order valence-corrected chi connectivity index (χ2v) is 10.4. The van der Waals surface area contributed by atoms with Crippen LogP contribution in [0.5, 0.6) is 0 Å². The Morgan fingerprint density at radius 2 is 1.31 bits per heavy atom. The molecule has 6 nitrogen and oxygen atoms in total. The number of carbonyl (C=O) groups excluding carboxylic acids is 2. The van der Waals surface area contributed by atoms with Gasteiger partial charge in [-0.15, -0.1) is 0 Å². The fraction of sp³-hybridized carbons (Fsp3) is 0.167. The fourth-order valence-electron chi connectivity index (χ4n) is 3.49. The maximum Gasteiger partial charge on any atom is 0.257 e. The van der Waals surface area contributed by atoms with Gasteiger partial charge in [0.05, 0.1) is 45.4 Å². The van der Waals surface area contributed by atoms with Crippen LogP contribution in [0.3, 0.4) is 0 Å². The number of morpholine rings is 1. The van der Waals surface area contributed by atoms with Crippen LogP contribution < -0.4 is 0 Å². The second kappa shape index (κ2) is 11.5. The van der Waals surface area contributed by atoms with E-state index in [1.807, 2.05) is 30.3 Å². The van der Waals surface area contributed by atoms with Crippen LogP contribution in [0.4, 0.5) is 0 Å². The maximum atomic E-state index is 12.5. The van der Waals surface area contributed by atoms with Crippen LogP contribution in [0.15, 0.2) is 57.7 Å². The molecule has 1 amide bonds. The van der Waals surface area contributed by atoms with E-state index >= 15 is 0 Å². The van der Waals surface area contributed by atoms with Gasteiger partial charge in [0.25, 0.3) is 11.1 Å². The third-order valence-electron chi connectivity index (χ3n) is 5.27. The number of rotatable bonds is 2. The zero-order chi connectivity index (χ0) is 25.1. The van der Waals surface area contributed by atoms with Crippen molar-refractivity contribution >= 4 is 99.6 Å². The van der Waals surface area contributed by atoms with E-state index in [-0.39, 0.29) is 11.5 Å². The molecule has 0 bridgehead atoms. The van der Waals surface area contributed by atoms with E-state index in [0.29, 0.717) is 47.3 Å². The normalized spacial score (nSPS) is 13.5. The van der Waals surface area contributed by atoms with Crippen LogP contribution in [-0.4, -0.2) is 52.3 Å². The van der Waals surface area contributed by atoms with Crippen molar-refractivity contribution in [3.63, 3.8) is 0 Å². The molecule has 3 heterocycles. The molecule has 2 aromatic heterocycles. The molecule has 0 atom stereocenters. The van der Waals surface area contributed by atoms with E-state index in [0.717, 1.165) is 25.4 Å². The third-order valence-corrected chi connectivity index (χ3v) is 7.27. The Balaban J connectivity index is 0.000000172. The second-order valence-electron chi connectivity index (χ2n) is 7.47. The molecular formula is C24H16Br2Cl3N3O3. The number of pyridine rings is 2. The highest BCUT2D eigenvalue weighted by Gasteiger charge is 2.22. The summed E-state index contributed by atoms with van der Waals surface area (Å²) in [6, 6.07) is 11.1. The molecule has 5 rings (SSSR count). The first kappa shape index (κ1) is 26.3. The minimum atomic E-state index is -0.602. The first-order chi connectivity index (χ1) is 16.8. The lowest BCUT2D eigenvalue weighted by Gasteiger charge is -2.27. The zero-order valence-corrected chi connectivity index (χ0v) is 23.3. The molecule has 1 aliphatic heterocycles. The van der Waals surface area contributed by atoms with Gasteiger partial charge < -0.3 is 9.64 Å². The smallest absolute Gasteiger partial charge is 0.257 e. The minimum Gasteiger partial charge on any atom is -0.378 e. The number of nitrogens with zero attached hydrogens (tertiary/aromatic N) is 3. The van der Waals surface area contributed by atoms with E-state index in [2.05, 4.69) is 41.8 Å². The van der Waals surface area contributed by atoms with Crippen molar-refractivity contribution < 1.29 is 14.3 Å². The molecule has 11 heteroatoms. The molecule has 1 aliphatic rings. The summed E-state index contributed by atoms with van der Waals surface area (Å²) in [7, 11) is 0. The molecule has 0 radical (unpaired) electrons. The van der Waals surface area contributed by atoms with Gasteiger partial charge in [0.2, 0.25) is 0 Å². The fourth-order valence-corrected chi connectivity index (χ4v) is 4.97. The van der Waals surface area contributed by atoms with E-state index < -0.39 is 5.24 Å². The molecular weight excluding hydrogens is 644 g/mol. The van der Waals surface area contributed by atoms with Crippen LogP contribution >= 0.6 is 66.7 Å². The number of amides is 1. The summed E-state index contributed by atoms with van der Waals surface area (Å²) in [5.74, 6) is -0.0901. The SMILES string of the molecule is O=C(Cl)c1cnc2ccc(Br)cc2c1Cl.O=C(c1cnc2ccc(Br)cc2c1Cl)N1CCOCC1. The monoisotopic (exact) mass is 657 g/mol. The number of hydrogen-bond acceptors (Lipinski definition) is 5. The number of carbonyl (C=O) groups is 2. The Hall–Kier alpha value is -1.81. The van der Waals surface area contributed by atoms with Gasteiger partial charge in [-0.1, -0.05) is 55.1 Å². The lowest BCUT2D eigenvalue weighted by Crippen LogP contribution is -2.40. The van der Waals surface area contributed by atoms with Gasteiger partial charge in [-0.2, -0.15) is 0 Å². The van der Waals surface area contributed by atoms with Crippen molar-refractivity contribution in [2.75, 3.05) is 26.3 Å². The Labute approximate surface area is 232 Å². The van der Waals surface area contributed by atoms with Crippen molar-refractivity contribution in [2.45, 2.75) is 0 Å². The highest BCUT2D eigenvalue weighted by atomic mass is 79.9. The van der Waals surface area contributed by atoms with E-state index in [1.54, 1.807) is 17.2 Å². The number of halogens is 5. The average Bonchev–Trinajstić information content (AvgIpc) is 2.85. The Morgan fingerprint density at radius 1 is 0.829 bits per heavy atom. The summed E-state index contributed by atoms with van der Waals surface area (Å²) in [5, 5.41) is 1.67. The summed E-state index contributed by atoms with van der Waals surface area (Å²) in [5.41, 5.74) is 2.17.